The van der Waals surface area contributed by atoms with E-state index in [-0.39, 0.29) is 0 Å². The molecule has 0 aromatic carbocycles. The lowest BCUT2D eigenvalue weighted by atomic mass is 10.2. The third-order valence-electron chi connectivity index (χ3n) is 1.42. The highest BCUT2D eigenvalue weighted by Crippen LogP contribution is 2.14. The van der Waals surface area contributed by atoms with Crippen molar-refractivity contribution < 1.29 is 9.53 Å². The van der Waals surface area contributed by atoms with Crippen molar-refractivity contribution >= 4 is 6.29 Å². The first-order chi connectivity index (χ1) is 5.27. The first-order valence-corrected chi connectivity index (χ1v) is 3.23. The molecule has 0 radical (unpaired) electrons. The highest BCUT2D eigenvalue weighted by Gasteiger charge is 1.98. The van der Waals surface area contributed by atoms with E-state index in [1.165, 1.54) is 0 Å². The lowest BCUT2D eigenvalue weighted by Gasteiger charge is -2.02. The molecule has 0 aliphatic rings. The van der Waals surface area contributed by atoms with Gasteiger partial charge >= 0.3 is 0 Å². The molecule has 58 valence electrons. The molecule has 3 nitrogen and oxygen atoms in total. The summed E-state index contributed by atoms with van der Waals surface area (Å²) in [6.07, 6.45) is 2.26. The van der Waals surface area contributed by atoms with Crippen LogP contribution in [0.1, 0.15) is 16.1 Å². The number of ether oxygens (including phenoxy) is 1. The number of hydrogen-bond acceptors (Lipinski definition) is 3. The molecule has 1 aromatic rings. The number of hydrogen-bond donors (Lipinski definition) is 0. The van der Waals surface area contributed by atoms with Crippen molar-refractivity contribution in [3.63, 3.8) is 0 Å². The molecule has 0 unspecified atom stereocenters. The van der Waals surface area contributed by atoms with E-state index in [1.54, 1.807) is 19.4 Å². The Morgan fingerprint density at radius 1 is 1.64 bits per heavy atom. The van der Waals surface area contributed by atoms with Gasteiger partial charge in [-0.1, -0.05) is 0 Å². The fourth-order valence-corrected chi connectivity index (χ4v) is 0.843. The Hall–Kier alpha value is -1.38. The normalized spacial score (nSPS) is 9.27. The molecule has 1 aromatic heterocycles. The van der Waals surface area contributed by atoms with Crippen LogP contribution in [0.15, 0.2) is 12.3 Å². The molecule has 0 aliphatic heterocycles. The maximum absolute atomic E-state index is 10.3. The monoisotopic (exact) mass is 151 g/mol. The van der Waals surface area contributed by atoms with Crippen LogP contribution in [0.25, 0.3) is 0 Å². The SMILES string of the molecule is COc1cnc(C=O)cc1C. The van der Waals surface area contributed by atoms with Crippen molar-refractivity contribution in [2.45, 2.75) is 6.92 Å². The van der Waals surface area contributed by atoms with E-state index in [1.807, 2.05) is 6.92 Å². The van der Waals surface area contributed by atoms with Gasteiger partial charge in [0.05, 0.1) is 13.3 Å². The number of aryl methyl sites for hydroxylation is 1. The summed E-state index contributed by atoms with van der Waals surface area (Å²) in [5, 5.41) is 0. The van der Waals surface area contributed by atoms with Crippen molar-refractivity contribution in [2.24, 2.45) is 0 Å². The smallest absolute Gasteiger partial charge is 0.168 e. The average molecular weight is 151 g/mol. The van der Waals surface area contributed by atoms with Gasteiger partial charge in [0.15, 0.2) is 6.29 Å². The second-order valence-electron chi connectivity index (χ2n) is 2.20. The zero-order valence-corrected chi connectivity index (χ0v) is 6.50. The topological polar surface area (TPSA) is 39.2 Å². The van der Waals surface area contributed by atoms with Crippen LogP contribution < -0.4 is 4.74 Å². The molecule has 0 amide bonds. The molecule has 0 saturated heterocycles. The summed E-state index contributed by atoms with van der Waals surface area (Å²) >= 11 is 0. The Labute approximate surface area is 65.0 Å². The zero-order valence-electron chi connectivity index (χ0n) is 6.50. The number of methoxy groups -OCH3 is 1. The molecule has 0 atom stereocenters. The molecule has 3 heteroatoms. The van der Waals surface area contributed by atoms with E-state index >= 15 is 0 Å². The van der Waals surface area contributed by atoms with Gasteiger partial charge in [0, 0.05) is 0 Å². The van der Waals surface area contributed by atoms with Crippen molar-refractivity contribution in [2.75, 3.05) is 7.11 Å². The van der Waals surface area contributed by atoms with Crippen LogP contribution in [0.4, 0.5) is 0 Å². The summed E-state index contributed by atoms with van der Waals surface area (Å²) in [5.41, 5.74) is 1.35. The minimum Gasteiger partial charge on any atom is -0.495 e. The van der Waals surface area contributed by atoms with Crippen LogP contribution in [0.5, 0.6) is 5.75 Å². The summed E-state index contributed by atoms with van der Waals surface area (Å²) in [6, 6.07) is 1.69. The van der Waals surface area contributed by atoms with Crippen molar-refractivity contribution in [3.05, 3.63) is 23.5 Å². The van der Waals surface area contributed by atoms with Crippen LogP contribution in [0, 0.1) is 6.92 Å². The van der Waals surface area contributed by atoms with Gasteiger partial charge in [-0.25, -0.2) is 4.98 Å². The minimum atomic E-state index is 0.434. The highest BCUT2D eigenvalue weighted by molar-refractivity contribution is 5.72. The van der Waals surface area contributed by atoms with Crippen LogP contribution >= 0.6 is 0 Å². The van der Waals surface area contributed by atoms with E-state index in [4.69, 9.17) is 4.74 Å². The third kappa shape index (κ3) is 1.55. The van der Waals surface area contributed by atoms with Gasteiger partial charge in [-0.05, 0) is 18.6 Å². The molecule has 0 saturated carbocycles. The summed E-state index contributed by atoms with van der Waals surface area (Å²) in [5.74, 6) is 0.704. The second-order valence-corrected chi connectivity index (χ2v) is 2.20. The van der Waals surface area contributed by atoms with Gasteiger partial charge in [0.25, 0.3) is 0 Å². The Morgan fingerprint density at radius 3 is 2.82 bits per heavy atom. The first kappa shape index (κ1) is 7.72. The van der Waals surface area contributed by atoms with Gasteiger partial charge in [-0.15, -0.1) is 0 Å². The molecule has 0 spiro atoms. The number of aromatic nitrogens is 1. The maximum Gasteiger partial charge on any atom is 0.168 e. The molecule has 11 heavy (non-hydrogen) atoms. The highest BCUT2D eigenvalue weighted by atomic mass is 16.5. The van der Waals surface area contributed by atoms with Crippen LogP contribution in [-0.4, -0.2) is 18.4 Å². The number of pyridine rings is 1. The summed E-state index contributed by atoms with van der Waals surface area (Å²) in [6.45, 7) is 1.87. The molecule has 0 aliphatic carbocycles. The Morgan fingerprint density at radius 2 is 2.36 bits per heavy atom. The van der Waals surface area contributed by atoms with Crippen LogP contribution in [0.3, 0.4) is 0 Å². The molecular weight excluding hydrogens is 142 g/mol. The second kappa shape index (κ2) is 3.14. The Bertz CT molecular complexity index is 271. The van der Waals surface area contributed by atoms with Crippen LogP contribution in [-0.2, 0) is 0 Å². The van der Waals surface area contributed by atoms with E-state index < -0.39 is 0 Å². The van der Waals surface area contributed by atoms with Gasteiger partial charge < -0.3 is 4.74 Å². The van der Waals surface area contributed by atoms with Gasteiger partial charge in [0.2, 0.25) is 0 Å². The van der Waals surface area contributed by atoms with Crippen molar-refractivity contribution in [1.29, 1.82) is 0 Å². The Balaban J connectivity index is 3.09. The summed E-state index contributed by atoms with van der Waals surface area (Å²) in [7, 11) is 1.57. The fraction of sp³-hybridized carbons (Fsp3) is 0.250. The number of carbonyl (C=O) groups excluding carboxylic acids is 1. The van der Waals surface area contributed by atoms with E-state index in [9.17, 15) is 4.79 Å². The predicted octanol–water partition coefficient (Wildman–Crippen LogP) is 1.21. The van der Waals surface area contributed by atoms with E-state index in [2.05, 4.69) is 4.98 Å². The predicted molar refractivity (Wildman–Crippen MR) is 40.9 cm³/mol. The first-order valence-electron chi connectivity index (χ1n) is 3.23. The van der Waals surface area contributed by atoms with Crippen molar-refractivity contribution in [1.82, 2.24) is 4.98 Å². The molecule has 1 heterocycles. The number of nitrogens with zero attached hydrogens (tertiary/aromatic N) is 1. The quantitative estimate of drug-likeness (QED) is 0.596. The molecule has 0 fully saturated rings. The van der Waals surface area contributed by atoms with Gasteiger partial charge in [0.1, 0.15) is 11.4 Å². The summed E-state index contributed by atoms with van der Waals surface area (Å²) < 4.78 is 4.97. The zero-order chi connectivity index (χ0) is 8.27. The molecule has 0 N–H and O–H groups in total. The van der Waals surface area contributed by atoms with Gasteiger partial charge in [-0.2, -0.15) is 0 Å². The molecule has 1 rings (SSSR count). The number of carbonyl (C=O) groups is 1. The van der Waals surface area contributed by atoms with E-state index in [0.717, 1.165) is 5.56 Å². The van der Waals surface area contributed by atoms with Crippen molar-refractivity contribution in [3.8, 4) is 5.75 Å². The third-order valence-corrected chi connectivity index (χ3v) is 1.42. The fourth-order valence-electron chi connectivity index (χ4n) is 0.843. The molecular formula is C8H9NO2. The molecule has 0 bridgehead atoms. The minimum absolute atomic E-state index is 0.434. The van der Waals surface area contributed by atoms with Gasteiger partial charge in [-0.3, -0.25) is 4.79 Å². The number of aldehydes is 1. The lowest BCUT2D eigenvalue weighted by Crippen LogP contribution is -1.92. The maximum atomic E-state index is 10.3. The number of rotatable bonds is 2. The lowest BCUT2D eigenvalue weighted by molar-refractivity contribution is 0.111. The average Bonchev–Trinajstić information content (AvgIpc) is 2.04. The van der Waals surface area contributed by atoms with E-state index in [0.29, 0.717) is 17.7 Å². The summed E-state index contributed by atoms with van der Waals surface area (Å²) in [4.78, 5) is 14.1. The standard InChI is InChI=1S/C8H9NO2/c1-6-3-7(5-10)9-4-8(6)11-2/h3-5H,1-2H3. The van der Waals surface area contributed by atoms with Crippen LogP contribution in [0.2, 0.25) is 0 Å². The largest absolute Gasteiger partial charge is 0.495 e. The Kier molecular flexibility index (Phi) is 2.21.